The summed E-state index contributed by atoms with van der Waals surface area (Å²) in [7, 11) is 0. The Labute approximate surface area is 155 Å². The number of benzene rings is 1. The van der Waals surface area contributed by atoms with Crippen molar-refractivity contribution in [2.75, 3.05) is 18.0 Å². The zero-order valence-corrected chi connectivity index (χ0v) is 14.7. The van der Waals surface area contributed by atoms with Crippen molar-refractivity contribution in [2.24, 2.45) is 0 Å². The van der Waals surface area contributed by atoms with Crippen LogP contribution in [0.3, 0.4) is 0 Å². The van der Waals surface area contributed by atoms with Crippen LogP contribution in [0.5, 0.6) is 0 Å². The van der Waals surface area contributed by atoms with Crippen LogP contribution in [-0.4, -0.2) is 33.1 Å². The molecule has 0 N–H and O–H groups in total. The highest BCUT2D eigenvalue weighted by Crippen LogP contribution is 2.40. The molecule has 3 aromatic rings. The van der Waals surface area contributed by atoms with Crippen molar-refractivity contribution >= 4 is 22.4 Å². The predicted octanol–water partition coefficient (Wildman–Crippen LogP) is 3.79. The van der Waals surface area contributed by atoms with Crippen molar-refractivity contribution in [1.29, 1.82) is 0 Å². The Morgan fingerprint density at radius 1 is 1.04 bits per heavy atom. The standard InChI is InChI=1S/C19H19N5O3/c25-24(26)15-4-5-16-14(11-15)3-6-17(20-16)23-9-7-12(8-10-23)18-21-19(27-22-18)13-1-2-13/h3-6,11-13H,1-2,7-10H2. The summed E-state index contributed by atoms with van der Waals surface area (Å²) in [5.41, 5.74) is 0.857. The summed E-state index contributed by atoms with van der Waals surface area (Å²) in [6, 6.07) is 8.61. The lowest BCUT2D eigenvalue weighted by molar-refractivity contribution is -0.384. The van der Waals surface area contributed by atoms with Gasteiger partial charge in [-0.1, -0.05) is 5.16 Å². The molecule has 138 valence electrons. The molecule has 8 heteroatoms. The van der Waals surface area contributed by atoms with E-state index in [-0.39, 0.29) is 10.6 Å². The average Bonchev–Trinajstić information content (AvgIpc) is 3.44. The van der Waals surface area contributed by atoms with Gasteiger partial charge in [0.25, 0.3) is 5.69 Å². The second-order valence-electron chi connectivity index (χ2n) is 7.33. The van der Waals surface area contributed by atoms with E-state index in [1.807, 2.05) is 12.1 Å². The Kier molecular flexibility index (Phi) is 3.77. The van der Waals surface area contributed by atoms with Gasteiger partial charge in [-0.3, -0.25) is 10.1 Å². The highest BCUT2D eigenvalue weighted by Gasteiger charge is 2.32. The molecule has 2 aliphatic rings. The molecule has 0 spiro atoms. The molecular formula is C19H19N5O3. The van der Waals surface area contributed by atoms with E-state index in [9.17, 15) is 10.1 Å². The van der Waals surface area contributed by atoms with Gasteiger partial charge in [0.2, 0.25) is 5.89 Å². The van der Waals surface area contributed by atoms with Gasteiger partial charge in [-0.25, -0.2) is 4.98 Å². The number of nitro groups is 1. The molecule has 0 amide bonds. The molecule has 1 saturated carbocycles. The van der Waals surface area contributed by atoms with E-state index < -0.39 is 0 Å². The van der Waals surface area contributed by atoms with Crippen LogP contribution in [-0.2, 0) is 0 Å². The largest absolute Gasteiger partial charge is 0.357 e. The lowest BCUT2D eigenvalue weighted by atomic mass is 9.96. The van der Waals surface area contributed by atoms with E-state index in [1.54, 1.807) is 12.1 Å². The van der Waals surface area contributed by atoms with Crippen molar-refractivity contribution < 1.29 is 9.45 Å². The van der Waals surface area contributed by atoms with Gasteiger partial charge in [0.15, 0.2) is 5.82 Å². The predicted molar refractivity (Wildman–Crippen MR) is 98.9 cm³/mol. The summed E-state index contributed by atoms with van der Waals surface area (Å²) < 4.78 is 5.39. The van der Waals surface area contributed by atoms with Gasteiger partial charge in [0.05, 0.1) is 10.4 Å². The molecule has 0 unspecified atom stereocenters. The molecule has 1 aromatic carbocycles. The average molecular weight is 365 g/mol. The maximum Gasteiger partial charge on any atom is 0.270 e. The lowest BCUT2D eigenvalue weighted by Crippen LogP contribution is -2.33. The molecule has 27 heavy (non-hydrogen) atoms. The van der Waals surface area contributed by atoms with Crippen LogP contribution in [0, 0.1) is 10.1 Å². The van der Waals surface area contributed by atoms with Gasteiger partial charge in [-0.05, 0) is 43.9 Å². The van der Waals surface area contributed by atoms with E-state index in [0.717, 1.165) is 67.2 Å². The molecule has 1 aliphatic heterocycles. The van der Waals surface area contributed by atoms with Crippen LogP contribution in [0.2, 0.25) is 0 Å². The summed E-state index contributed by atoms with van der Waals surface area (Å²) in [5.74, 6) is 3.37. The first-order chi connectivity index (χ1) is 13.2. The Balaban J connectivity index is 1.29. The number of nitrogens with zero attached hydrogens (tertiary/aromatic N) is 5. The summed E-state index contributed by atoms with van der Waals surface area (Å²) in [6.07, 6.45) is 4.25. The minimum absolute atomic E-state index is 0.0866. The summed E-state index contributed by atoms with van der Waals surface area (Å²) >= 11 is 0. The van der Waals surface area contributed by atoms with Crippen molar-refractivity contribution in [2.45, 2.75) is 37.5 Å². The smallest absolute Gasteiger partial charge is 0.270 e. The quantitative estimate of drug-likeness (QED) is 0.512. The van der Waals surface area contributed by atoms with E-state index >= 15 is 0 Å². The van der Waals surface area contributed by atoms with Crippen molar-refractivity contribution in [3.63, 3.8) is 0 Å². The molecule has 0 atom stereocenters. The number of rotatable bonds is 4. The summed E-state index contributed by atoms with van der Waals surface area (Å²) in [4.78, 5) is 22.1. The van der Waals surface area contributed by atoms with Gasteiger partial charge in [-0.2, -0.15) is 4.98 Å². The topological polar surface area (TPSA) is 98.2 Å². The monoisotopic (exact) mass is 365 g/mol. The fourth-order valence-electron chi connectivity index (χ4n) is 3.67. The lowest BCUT2D eigenvalue weighted by Gasteiger charge is -2.31. The SMILES string of the molecule is O=[N+]([O-])c1ccc2nc(N3CCC(c4noc(C5CC5)n4)CC3)ccc2c1. The normalized spacial score (nSPS) is 18.1. The van der Waals surface area contributed by atoms with Gasteiger partial charge in [0.1, 0.15) is 5.82 Å². The second-order valence-corrected chi connectivity index (χ2v) is 7.33. The molecule has 5 rings (SSSR count). The maximum atomic E-state index is 10.9. The maximum absolute atomic E-state index is 10.9. The third-order valence-corrected chi connectivity index (χ3v) is 5.44. The number of anilines is 1. The number of aromatic nitrogens is 3. The van der Waals surface area contributed by atoms with Crippen LogP contribution < -0.4 is 4.90 Å². The molecule has 1 saturated heterocycles. The first-order valence-electron chi connectivity index (χ1n) is 9.31. The zero-order valence-electron chi connectivity index (χ0n) is 14.7. The first-order valence-corrected chi connectivity index (χ1v) is 9.31. The summed E-state index contributed by atoms with van der Waals surface area (Å²) in [6.45, 7) is 1.76. The molecule has 0 radical (unpaired) electrons. The number of non-ortho nitro benzene ring substituents is 1. The minimum atomic E-state index is -0.384. The van der Waals surface area contributed by atoms with Crippen LogP contribution in [0.1, 0.15) is 49.2 Å². The fourth-order valence-corrected chi connectivity index (χ4v) is 3.67. The molecule has 1 aliphatic carbocycles. The number of fused-ring (bicyclic) bond motifs is 1. The van der Waals surface area contributed by atoms with Crippen molar-refractivity contribution in [3.8, 4) is 0 Å². The number of pyridine rings is 1. The second kappa shape index (κ2) is 6.29. The Hall–Kier alpha value is -3.03. The van der Waals surface area contributed by atoms with Crippen LogP contribution in [0.4, 0.5) is 11.5 Å². The van der Waals surface area contributed by atoms with E-state index in [0.29, 0.717) is 11.8 Å². The van der Waals surface area contributed by atoms with Gasteiger partial charge < -0.3 is 9.42 Å². The Morgan fingerprint density at radius 3 is 2.59 bits per heavy atom. The van der Waals surface area contributed by atoms with E-state index in [1.165, 1.54) is 6.07 Å². The van der Waals surface area contributed by atoms with Crippen LogP contribution in [0.25, 0.3) is 10.9 Å². The molecule has 2 aromatic heterocycles. The van der Waals surface area contributed by atoms with Gasteiger partial charge in [-0.15, -0.1) is 0 Å². The first kappa shape index (κ1) is 16.2. The number of hydrogen-bond donors (Lipinski definition) is 0. The van der Waals surface area contributed by atoms with Gasteiger partial charge in [0, 0.05) is 42.4 Å². The van der Waals surface area contributed by atoms with Crippen LogP contribution in [0.15, 0.2) is 34.9 Å². The molecule has 2 fully saturated rings. The molecular weight excluding hydrogens is 346 g/mol. The summed E-state index contributed by atoms with van der Waals surface area (Å²) in [5, 5.41) is 15.9. The van der Waals surface area contributed by atoms with E-state index in [4.69, 9.17) is 4.52 Å². The fraction of sp³-hybridized carbons (Fsp3) is 0.421. The number of piperidine rings is 1. The third kappa shape index (κ3) is 3.11. The number of nitro benzene ring substituents is 1. The highest BCUT2D eigenvalue weighted by atomic mass is 16.6. The van der Waals surface area contributed by atoms with Crippen LogP contribution >= 0.6 is 0 Å². The third-order valence-electron chi connectivity index (χ3n) is 5.44. The molecule has 3 heterocycles. The molecule has 8 nitrogen and oxygen atoms in total. The zero-order chi connectivity index (χ0) is 18.4. The Bertz CT molecular complexity index is 1010. The molecule has 0 bridgehead atoms. The minimum Gasteiger partial charge on any atom is -0.357 e. The highest BCUT2D eigenvalue weighted by molar-refractivity contribution is 5.82. The van der Waals surface area contributed by atoms with E-state index in [2.05, 4.69) is 20.0 Å². The Morgan fingerprint density at radius 2 is 1.85 bits per heavy atom. The number of hydrogen-bond acceptors (Lipinski definition) is 7. The van der Waals surface area contributed by atoms with Crippen molar-refractivity contribution in [3.05, 3.63) is 52.2 Å². The van der Waals surface area contributed by atoms with Crippen molar-refractivity contribution in [1.82, 2.24) is 15.1 Å². The van der Waals surface area contributed by atoms with Gasteiger partial charge >= 0.3 is 0 Å².